The zero-order valence-corrected chi connectivity index (χ0v) is 26.7. The second-order valence-electron chi connectivity index (χ2n) is 10.2. The van der Waals surface area contributed by atoms with E-state index in [9.17, 15) is 19.6 Å². The zero-order chi connectivity index (χ0) is 31.3. The van der Waals surface area contributed by atoms with Crippen LogP contribution in [0.4, 0.5) is 5.82 Å². The van der Waals surface area contributed by atoms with Gasteiger partial charge in [-0.3, -0.25) is 23.9 Å². The maximum absolute atomic E-state index is 13.6. The first-order chi connectivity index (χ1) is 20.7. The molecule has 0 aliphatic carbocycles. The number of anilines is 1. The summed E-state index contributed by atoms with van der Waals surface area (Å²) in [7, 11) is 3.15. The highest BCUT2D eigenvalue weighted by Gasteiger charge is 2.34. The Kier molecular flexibility index (Phi) is 10.5. The molecule has 2 fully saturated rings. The lowest BCUT2D eigenvalue weighted by Gasteiger charge is -2.35. The third kappa shape index (κ3) is 6.58. The van der Waals surface area contributed by atoms with Crippen LogP contribution in [0.3, 0.4) is 0 Å². The van der Waals surface area contributed by atoms with Crippen molar-refractivity contribution < 1.29 is 23.8 Å². The van der Waals surface area contributed by atoms with Crippen molar-refractivity contribution in [3.63, 3.8) is 0 Å². The number of nitriles is 1. The van der Waals surface area contributed by atoms with Gasteiger partial charge in [-0.1, -0.05) is 30.0 Å². The Morgan fingerprint density at radius 3 is 2.47 bits per heavy atom. The van der Waals surface area contributed by atoms with Gasteiger partial charge in [0.1, 0.15) is 21.8 Å². The molecule has 43 heavy (non-hydrogen) atoms. The molecule has 1 aromatic carbocycles. The number of amides is 1. The summed E-state index contributed by atoms with van der Waals surface area (Å²) in [5, 5.41) is 9.87. The minimum atomic E-state index is -0.371. The fourth-order valence-corrected chi connectivity index (χ4v) is 6.76. The molecule has 2 aliphatic heterocycles. The van der Waals surface area contributed by atoms with Crippen LogP contribution in [-0.2, 0) is 27.3 Å². The molecular weight excluding hydrogens is 588 g/mol. The van der Waals surface area contributed by atoms with Crippen LogP contribution in [0.1, 0.15) is 48.9 Å². The molecule has 1 amide bonds. The summed E-state index contributed by atoms with van der Waals surface area (Å²) in [6.45, 7) is 7.49. The van der Waals surface area contributed by atoms with Crippen LogP contribution in [0.15, 0.2) is 27.9 Å². The molecule has 0 N–H and O–H groups in total. The van der Waals surface area contributed by atoms with Crippen LogP contribution in [0.5, 0.6) is 11.5 Å². The van der Waals surface area contributed by atoms with Crippen molar-refractivity contribution in [2.75, 3.05) is 45.4 Å². The van der Waals surface area contributed by atoms with Crippen molar-refractivity contribution in [1.29, 1.82) is 5.26 Å². The van der Waals surface area contributed by atoms with Crippen LogP contribution in [-0.4, -0.2) is 66.1 Å². The number of hydrogen-bond donors (Lipinski definition) is 0. The molecule has 0 radical (unpaired) electrons. The van der Waals surface area contributed by atoms with Crippen LogP contribution in [0.2, 0.25) is 0 Å². The molecule has 1 aromatic heterocycles. The first kappa shape index (κ1) is 32.1. The van der Waals surface area contributed by atoms with Gasteiger partial charge in [-0.15, -0.1) is 0 Å². The predicted molar refractivity (Wildman–Crippen MR) is 171 cm³/mol. The van der Waals surface area contributed by atoms with Crippen LogP contribution < -0.4 is 19.9 Å². The molecule has 0 atom stereocenters. The lowest BCUT2D eigenvalue weighted by atomic mass is 9.95. The summed E-state index contributed by atoms with van der Waals surface area (Å²) in [5.74, 6) is 1.24. The van der Waals surface area contributed by atoms with Crippen molar-refractivity contribution >= 4 is 52.1 Å². The molecule has 0 bridgehead atoms. The Labute approximate surface area is 261 Å². The van der Waals surface area contributed by atoms with E-state index in [0.717, 1.165) is 5.56 Å². The van der Waals surface area contributed by atoms with Crippen molar-refractivity contribution in [3.8, 4) is 17.6 Å². The number of methoxy groups -OCH3 is 2. The summed E-state index contributed by atoms with van der Waals surface area (Å²) in [6.07, 6.45) is 3.46. The smallest absolute Gasteiger partial charge is 0.309 e. The number of thioether (sulfide) groups is 1. The normalized spacial score (nSPS) is 16.5. The Balaban J connectivity index is 1.65. The van der Waals surface area contributed by atoms with Crippen LogP contribution in [0.25, 0.3) is 6.08 Å². The van der Waals surface area contributed by atoms with E-state index in [4.69, 9.17) is 26.4 Å². The van der Waals surface area contributed by atoms with Gasteiger partial charge in [0, 0.05) is 31.7 Å². The van der Waals surface area contributed by atoms with Crippen molar-refractivity contribution in [1.82, 2.24) is 9.47 Å². The summed E-state index contributed by atoms with van der Waals surface area (Å²) in [6, 6.07) is 7.70. The number of hydrogen-bond acceptors (Lipinski definition) is 10. The number of thiocarbonyl (C=S) groups is 1. The number of carbonyl (C=O) groups excluding carboxylic acids is 2. The second kappa shape index (κ2) is 14.1. The highest BCUT2D eigenvalue weighted by Crippen LogP contribution is 2.37. The molecule has 0 unspecified atom stereocenters. The summed E-state index contributed by atoms with van der Waals surface area (Å²) in [5.41, 5.74) is 1.78. The predicted octanol–water partition coefficient (Wildman–Crippen LogP) is 4.29. The molecule has 0 saturated carbocycles. The topological polar surface area (TPSA) is 114 Å². The van der Waals surface area contributed by atoms with Gasteiger partial charge < -0.3 is 19.1 Å². The molecule has 2 saturated heterocycles. The van der Waals surface area contributed by atoms with E-state index in [1.807, 2.05) is 25.1 Å². The third-order valence-corrected chi connectivity index (χ3v) is 9.18. The highest BCUT2D eigenvalue weighted by atomic mass is 32.2. The maximum atomic E-state index is 13.6. The van der Waals surface area contributed by atoms with Crippen molar-refractivity contribution in [3.05, 3.63) is 55.7 Å². The first-order valence-corrected chi connectivity index (χ1v) is 15.5. The van der Waals surface area contributed by atoms with Gasteiger partial charge >= 0.3 is 5.97 Å². The standard InChI is InChI=1S/C31H36N4O6S2/c1-6-34-27(33-13-11-21(12-14-33)30(38)41-7-2)22(19(3)23(18-32)28(34)36)17-26-29(37)35(31(42)43-26)15-10-20-8-9-24(39-4)25(16-20)40-5/h8-9,16-17,21H,6-7,10-15H2,1-5H3. The lowest BCUT2D eigenvalue weighted by molar-refractivity contribution is -0.148. The summed E-state index contributed by atoms with van der Waals surface area (Å²) < 4.78 is 18.0. The Morgan fingerprint density at radius 1 is 1.16 bits per heavy atom. The molecule has 2 aliphatic rings. The third-order valence-electron chi connectivity index (χ3n) is 7.80. The lowest BCUT2D eigenvalue weighted by Crippen LogP contribution is -2.41. The number of rotatable bonds is 10. The minimum absolute atomic E-state index is 0.0437. The maximum Gasteiger partial charge on any atom is 0.309 e. The molecule has 2 aromatic rings. The van der Waals surface area contributed by atoms with Gasteiger partial charge in [0.05, 0.1) is 31.6 Å². The van der Waals surface area contributed by atoms with Crippen LogP contribution >= 0.6 is 24.0 Å². The molecule has 4 rings (SSSR count). The number of esters is 1. The number of aromatic nitrogens is 1. The highest BCUT2D eigenvalue weighted by molar-refractivity contribution is 8.26. The van der Waals surface area contributed by atoms with Gasteiger partial charge in [0.15, 0.2) is 11.5 Å². The number of benzene rings is 1. The first-order valence-electron chi connectivity index (χ1n) is 14.2. The zero-order valence-electron chi connectivity index (χ0n) is 25.1. The largest absolute Gasteiger partial charge is 0.493 e. The Morgan fingerprint density at radius 2 is 1.86 bits per heavy atom. The monoisotopic (exact) mass is 624 g/mol. The van der Waals surface area contributed by atoms with E-state index >= 15 is 0 Å². The molecule has 0 spiro atoms. The molecule has 10 nitrogen and oxygen atoms in total. The minimum Gasteiger partial charge on any atom is -0.493 e. The number of carbonyl (C=O) groups is 2. The van der Waals surface area contributed by atoms with E-state index in [2.05, 4.69) is 11.0 Å². The average Bonchev–Trinajstić information content (AvgIpc) is 3.28. The van der Waals surface area contributed by atoms with E-state index in [1.165, 1.54) is 11.8 Å². The number of pyridine rings is 1. The average molecular weight is 625 g/mol. The molecule has 228 valence electrons. The van der Waals surface area contributed by atoms with Crippen LogP contribution in [0, 0.1) is 24.2 Å². The molecular formula is C31H36N4O6S2. The van der Waals surface area contributed by atoms with Gasteiger partial charge in [0.25, 0.3) is 11.5 Å². The number of nitrogens with zero attached hydrogens (tertiary/aromatic N) is 4. The van der Waals surface area contributed by atoms with Gasteiger partial charge in [-0.2, -0.15) is 5.26 Å². The fourth-order valence-electron chi connectivity index (χ4n) is 5.47. The van der Waals surface area contributed by atoms with E-state index in [0.29, 0.717) is 89.7 Å². The quantitative estimate of drug-likeness (QED) is 0.216. The van der Waals surface area contributed by atoms with Gasteiger partial charge in [-0.25, -0.2) is 0 Å². The fraction of sp³-hybridized carbons (Fsp3) is 0.452. The Hall–Kier alpha value is -3.82. The second-order valence-corrected chi connectivity index (χ2v) is 11.9. The van der Waals surface area contributed by atoms with E-state index < -0.39 is 0 Å². The molecule has 3 heterocycles. The van der Waals surface area contributed by atoms with Gasteiger partial charge in [-0.05, 0) is 69.4 Å². The summed E-state index contributed by atoms with van der Waals surface area (Å²) in [4.78, 5) is 43.4. The molecule has 12 heteroatoms. The van der Waals surface area contributed by atoms with Gasteiger partial charge in [0.2, 0.25) is 0 Å². The number of ether oxygens (including phenoxy) is 3. The Bertz CT molecular complexity index is 1550. The summed E-state index contributed by atoms with van der Waals surface area (Å²) >= 11 is 6.81. The van der Waals surface area contributed by atoms with E-state index in [1.54, 1.807) is 43.6 Å². The SMILES string of the molecule is CCOC(=O)C1CCN(c2c(C=C3SC(=S)N(CCc4ccc(OC)c(OC)c4)C3=O)c(C)c(C#N)c(=O)n2CC)CC1. The van der Waals surface area contributed by atoms with Crippen molar-refractivity contribution in [2.45, 2.75) is 46.6 Å². The number of piperidine rings is 1. The van der Waals surface area contributed by atoms with E-state index in [-0.39, 0.29) is 28.9 Å². The van der Waals surface area contributed by atoms with Crippen molar-refractivity contribution in [2.24, 2.45) is 5.92 Å².